The molecule has 10 heteroatoms. The van der Waals surface area contributed by atoms with Gasteiger partial charge in [0.1, 0.15) is 0 Å². The van der Waals surface area contributed by atoms with Crippen LogP contribution in [0.2, 0.25) is 0 Å². The van der Waals surface area contributed by atoms with E-state index in [1.54, 1.807) is 6.07 Å². The van der Waals surface area contributed by atoms with Gasteiger partial charge in [0.2, 0.25) is 15.9 Å². The number of hydrogen-bond donors (Lipinski definition) is 1. The fourth-order valence-corrected chi connectivity index (χ4v) is 4.22. The zero-order valence-corrected chi connectivity index (χ0v) is 18.3. The van der Waals surface area contributed by atoms with E-state index in [-0.39, 0.29) is 15.6 Å². The van der Waals surface area contributed by atoms with Crippen LogP contribution in [0.4, 0.5) is 0 Å². The van der Waals surface area contributed by atoms with Crippen molar-refractivity contribution in [1.82, 2.24) is 19.7 Å². The molecule has 152 valence electrons. The number of nitrogens with zero attached hydrogens (tertiary/aromatic N) is 4. The summed E-state index contributed by atoms with van der Waals surface area (Å²) in [4.78, 5) is 9.22. The maximum Gasteiger partial charge on any atom is 0.239 e. The van der Waals surface area contributed by atoms with Gasteiger partial charge in [-0.1, -0.05) is 44.6 Å². The largest absolute Gasteiger partial charge is 0.338 e. The summed E-state index contributed by atoms with van der Waals surface area (Å²) in [6.07, 6.45) is 0.916. The van der Waals surface area contributed by atoms with Crippen molar-refractivity contribution in [2.75, 3.05) is 0 Å². The molecule has 3 aromatic rings. The lowest BCUT2D eigenvalue weighted by molar-refractivity contribution is 0.364. The van der Waals surface area contributed by atoms with Crippen LogP contribution in [0.5, 0.6) is 0 Å². The predicted octanol–water partition coefficient (Wildman–Crippen LogP) is 3.63. The summed E-state index contributed by atoms with van der Waals surface area (Å²) in [5, 5.41) is 10.0. The van der Waals surface area contributed by atoms with E-state index in [1.165, 1.54) is 23.9 Å². The number of imidazole rings is 1. The molecule has 1 atom stereocenters. The van der Waals surface area contributed by atoms with Gasteiger partial charge >= 0.3 is 0 Å². The van der Waals surface area contributed by atoms with Crippen LogP contribution >= 0.6 is 11.8 Å². The molecule has 0 aliphatic carbocycles. The zero-order valence-electron chi connectivity index (χ0n) is 16.6. The molecule has 1 unspecified atom stereocenters. The van der Waals surface area contributed by atoms with Gasteiger partial charge in [0, 0.05) is 12.0 Å². The van der Waals surface area contributed by atoms with E-state index in [9.17, 15) is 8.42 Å². The summed E-state index contributed by atoms with van der Waals surface area (Å²) in [7, 11) is -3.78. The summed E-state index contributed by atoms with van der Waals surface area (Å²) in [6.45, 7) is 10.9. The number of hydrogen-bond acceptors (Lipinski definition) is 7. The fraction of sp³-hybridized carbons (Fsp3) is 0.500. The minimum atomic E-state index is -3.78. The third-order valence-electron chi connectivity index (χ3n) is 4.20. The number of aromatic nitrogens is 4. The van der Waals surface area contributed by atoms with E-state index < -0.39 is 10.0 Å². The van der Waals surface area contributed by atoms with Crippen molar-refractivity contribution in [3.8, 4) is 0 Å². The van der Waals surface area contributed by atoms with E-state index >= 15 is 0 Å². The average molecular weight is 424 g/mol. The van der Waals surface area contributed by atoms with Crippen molar-refractivity contribution in [2.45, 2.75) is 68.3 Å². The number of benzene rings is 1. The molecule has 0 radical (unpaired) electrons. The van der Waals surface area contributed by atoms with Gasteiger partial charge in [-0.25, -0.2) is 18.5 Å². The second-order valence-electron chi connectivity index (χ2n) is 7.71. The Labute approximate surface area is 169 Å². The third-order valence-corrected chi connectivity index (χ3v) is 6.19. The number of rotatable bonds is 6. The number of thioether (sulfide) groups is 1. The summed E-state index contributed by atoms with van der Waals surface area (Å²) in [5.74, 6) is 1.20. The van der Waals surface area contributed by atoms with E-state index in [0.29, 0.717) is 17.2 Å². The second kappa shape index (κ2) is 7.49. The van der Waals surface area contributed by atoms with Gasteiger partial charge in [-0.15, -0.1) is 0 Å². The standard InChI is InChI=1S/C18H25N5O3S2/c1-6-9-23-14-8-7-12(28(19,24)25)10-13(14)20-17(23)27-11(2)15-21-16(22-26-15)18(3,4)5/h7-8,10-11H,6,9H2,1-5H3,(H2,19,24,25). The molecule has 1 aromatic carbocycles. The van der Waals surface area contributed by atoms with Gasteiger partial charge in [0.15, 0.2) is 11.0 Å². The molecule has 0 aliphatic rings. The lowest BCUT2D eigenvalue weighted by Crippen LogP contribution is -2.13. The Kier molecular flexibility index (Phi) is 5.57. The number of sulfonamides is 1. The summed E-state index contributed by atoms with van der Waals surface area (Å²) in [6, 6.07) is 4.77. The lowest BCUT2D eigenvalue weighted by atomic mass is 9.96. The van der Waals surface area contributed by atoms with E-state index in [1.807, 2.05) is 27.7 Å². The Balaban J connectivity index is 1.97. The van der Waals surface area contributed by atoms with Crippen LogP contribution in [0.1, 0.15) is 58.0 Å². The van der Waals surface area contributed by atoms with Gasteiger partial charge in [-0.3, -0.25) is 0 Å². The zero-order chi connectivity index (χ0) is 20.7. The van der Waals surface area contributed by atoms with Crippen molar-refractivity contribution in [2.24, 2.45) is 5.14 Å². The quantitative estimate of drug-likeness (QED) is 0.602. The van der Waals surface area contributed by atoms with Crippen LogP contribution < -0.4 is 5.14 Å². The Bertz CT molecular complexity index is 1100. The molecule has 3 rings (SSSR count). The van der Waals surface area contributed by atoms with Crippen molar-refractivity contribution in [3.05, 3.63) is 29.9 Å². The lowest BCUT2D eigenvalue weighted by Gasteiger charge is -2.11. The minimum absolute atomic E-state index is 0.0532. The van der Waals surface area contributed by atoms with E-state index in [2.05, 4.69) is 26.6 Å². The molecule has 8 nitrogen and oxygen atoms in total. The molecule has 0 saturated heterocycles. The van der Waals surface area contributed by atoms with E-state index in [0.717, 1.165) is 23.6 Å². The van der Waals surface area contributed by atoms with Gasteiger partial charge in [0.25, 0.3) is 0 Å². The molecular formula is C18H25N5O3S2. The number of nitrogens with two attached hydrogens (primary N) is 1. The van der Waals surface area contributed by atoms with Gasteiger partial charge in [0.05, 0.1) is 21.2 Å². The monoisotopic (exact) mass is 423 g/mol. The van der Waals surface area contributed by atoms with Crippen LogP contribution in [-0.4, -0.2) is 28.1 Å². The van der Waals surface area contributed by atoms with E-state index in [4.69, 9.17) is 9.66 Å². The normalized spacial score (nSPS) is 13.9. The maximum absolute atomic E-state index is 11.7. The molecule has 2 aromatic heterocycles. The summed E-state index contributed by atoms with van der Waals surface area (Å²) in [5.41, 5.74) is 1.27. The first-order valence-corrected chi connectivity index (χ1v) is 11.5. The molecule has 0 amide bonds. The predicted molar refractivity (Wildman–Crippen MR) is 109 cm³/mol. The van der Waals surface area contributed by atoms with Gasteiger partial charge < -0.3 is 9.09 Å². The number of fused-ring (bicyclic) bond motifs is 1. The van der Waals surface area contributed by atoms with Crippen LogP contribution in [0.25, 0.3) is 11.0 Å². The van der Waals surface area contributed by atoms with Crippen molar-refractivity contribution in [3.63, 3.8) is 0 Å². The number of primary sulfonamides is 1. The van der Waals surface area contributed by atoms with Crippen LogP contribution in [0.3, 0.4) is 0 Å². The summed E-state index contributed by atoms with van der Waals surface area (Å²) < 4.78 is 30.8. The average Bonchev–Trinajstić information content (AvgIpc) is 3.19. The Morgan fingerprint density at radius 2 is 2.00 bits per heavy atom. The topological polar surface area (TPSA) is 117 Å². The van der Waals surface area contributed by atoms with Crippen molar-refractivity contribution in [1.29, 1.82) is 0 Å². The highest BCUT2D eigenvalue weighted by atomic mass is 32.2. The van der Waals surface area contributed by atoms with Crippen molar-refractivity contribution >= 4 is 32.8 Å². The van der Waals surface area contributed by atoms with Crippen molar-refractivity contribution < 1.29 is 12.9 Å². The first kappa shape index (κ1) is 20.8. The molecule has 0 bridgehead atoms. The van der Waals surface area contributed by atoms with Crippen LogP contribution in [-0.2, 0) is 22.0 Å². The van der Waals surface area contributed by atoms with Gasteiger partial charge in [-0.05, 0) is 31.5 Å². The molecule has 0 spiro atoms. The highest BCUT2D eigenvalue weighted by Gasteiger charge is 2.25. The maximum atomic E-state index is 11.7. The highest BCUT2D eigenvalue weighted by Crippen LogP contribution is 2.36. The molecule has 0 aliphatic heterocycles. The fourth-order valence-electron chi connectivity index (χ4n) is 2.71. The van der Waals surface area contributed by atoms with Crippen LogP contribution in [0.15, 0.2) is 32.8 Å². The van der Waals surface area contributed by atoms with Crippen LogP contribution in [0, 0.1) is 0 Å². The number of aryl methyl sites for hydroxylation is 1. The summed E-state index contributed by atoms with van der Waals surface area (Å²) >= 11 is 1.50. The first-order valence-electron chi connectivity index (χ1n) is 9.04. The Morgan fingerprint density at radius 3 is 2.57 bits per heavy atom. The SMILES string of the molecule is CCCn1c(SC(C)c2nc(C(C)(C)C)no2)nc2cc(S(N)(=O)=O)ccc21. The molecular weight excluding hydrogens is 398 g/mol. The molecule has 0 fully saturated rings. The Hall–Kier alpha value is -1.91. The molecule has 0 saturated carbocycles. The first-order chi connectivity index (χ1) is 13.0. The highest BCUT2D eigenvalue weighted by molar-refractivity contribution is 7.99. The second-order valence-corrected chi connectivity index (χ2v) is 10.6. The molecule has 2 N–H and O–H groups in total. The smallest absolute Gasteiger partial charge is 0.239 e. The van der Waals surface area contributed by atoms with Gasteiger partial charge in [-0.2, -0.15) is 4.98 Å². The Morgan fingerprint density at radius 1 is 1.29 bits per heavy atom. The molecule has 28 heavy (non-hydrogen) atoms. The third kappa shape index (κ3) is 4.23. The molecule has 2 heterocycles. The minimum Gasteiger partial charge on any atom is -0.338 e.